The molecule has 1 aliphatic carbocycles. The normalized spacial score (nSPS) is 17.4. The fraction of sp³-hybridized carbons (Fsp3) is 0.533. The highest BCUT2D eigenvalue weighted by atomic mass is 16.5. The number of rotatable bonds is 5. The Morgan fingerprint density at radius 1 is 1.55 bits per heavy atom. The number of benzene rings is 1. The lowest BCUT2D eigenvalue weighted by atomic mass is 9.88. The summed E-state index contributed by atoms with van der Waals surface area (Å²) in [6.07, 6.45) is 1.93. The van der Waals surface area contributed by atoms with E-state index >= 15 is 0 Å². The lowest BCUT2D eigenvalue weighted by Crippen LogP contribution is -2.33. The minimum Gasteiger partial charge on any atom is -0.491 e. The van der Waals surface area contributed by atoms with Crippen molar-refractivity contribution in [3.8, 4) is 5.75 Å². The molecule has 1 aromatic rings. The number of ether oxygens (including phenoxy) is 1. The summed E-state index contributed by atoms with van der Waals surface area (Å²) in [5, 5.41) is 8.95. The summed E-state index contributed by atoms with van der Waals surface area (Å²) >= 11 is 0. The highest BCUT2D eigenvalue weighted by Crippen LogP contribution is 2.29. The van der Waals surface area contributed by atoms with Gasteiger partial charge >= 0.3 is 6.09 Å². The van der Waals surface area contributed by atoms with E-state index in [2.05, 4.69) is 6.07 Å². The van der Waals surface area contributed by atoms with Crippen molar-refractivity contribution in [3.05, 3.63) is 29.3 Å². The maximum atomic E-state index is 10.9. The molecule has 110 valence electrons. The van der Waals surface area contributed by atoms with Gasteiger partial charge in [-0.15, -0.1) is 0 Å². The van der Waals surface area contributed by atoms with Crippen molar-refractivity contribution < 1.29 is 14.6 Å². The number of nitrogens with zero attached hydrogens (tertiary/aromatic N) is 1. The van der Waals surface area contributed by atoms with Crippen LogP contribution in [-0.4, -0.2) is 41.8 Å². The molecular weight excluding hydrogens is 256 g/mol. The molecule has 0 heterocycles. The lowest BCUT2D eigenvalue weighted by Gasteiger charge is -2.24. The van der Waals surface area contributed by atoms with Gasteiger partial charge in [0.15, 0.2) is 0 Å². The molecule has 0 saturated heterocycles. The number of carbonyl (C=O) groups is 1. The van der Waals surface area contributed by atoms with Crippen LogP contribution in [0.2, 0.25) is 0 Å². The van der Waals surface area contributed by atoms with Gasteiger partial charge in [0.25, 0.3) is 0 Å². The number of likely N-dealkylation sites (N-methyl/N-ethyl adjacent to an activating group) is 1. The molecular formula is C15H22N2O3. The summed E-state index contributed by atoms with van der Waals surface area (Å²) < 4.78 is 5.77. The summed E-state index contributed by atoms with van der Waals surface area (Å²) in [5.74, 6) is 0.846. The van der Waals surface area contributed by atoms with Crippen LogP contribution in [0, 0.1) is 0 Å². The molecule has 0 spiro atoms. The molecule has 0 fully saturated rings. The van der Waals surface area contributed by atoms with E-state index in [0.29, 0.717) is 19.7 Å². The largest absolute Gasteiger partial charge is 0.491 e. The van der Waals surface area contributed by atoms with Crippen LogP contribution in [0.1, 0.15) is 24.5 Å². The lowest BCUT2D eigenvalue weighted by molar-refractivity contribution is 0.138. The first-order chi connectivity index (χ1) is 9.61. The Balaban J connectivity index is 1.98. The van der Waals surface area contributed by atoms with Crippen molar-refractivity contribution in [3.63, 3.8) is 0 Å². The Morgan fingerprint density at radius 3 is 3.05 bits per heavy atom. The number of nitrogens with two attached hydrogens (primary N) is 1. The average Bonchev–Trinajstić information content (AvgIpc) is 2.43. The summed E-state index contributed by atoms with van der Waals surface area (Å²) in [6, 6.07) is 6.23. The maximum Gasteiger partial charge on any atom is 0.407 e. The second-order valence-corrected chi connectivity index (χ2v) is 5.11. The maximum absolute atomic E-state index is 10.9. The van der Waals surface area contributed by atoms with Crippen molar-refractivity contribution in [1.29, 1.82) is 0 Å². The van der Waals surface area contributed by atoms with Crippen LogP contribution in [0.3, 0.4) is 0 Å². The van der Waals surface area contributed by atoms with E-state index in [-0.39, 0.29) is 6.04 Å². The monoisotopic (exact) mass is 278 g/mol. The Bertz CT molecular complexity index is 476. The predicted octanol–water partition coefficient (Wildman–Crippen LogP) is 1.88. The SMILES string of the molecule is CCN(CCOc1cccc2c1C[C@H](N)CC2)C(=O)O. The molecule has 1 aliphatic rings. The molecule has 0 aliphatic heterocycles. The molecule has 0 saturated carbocycles. The van der Waals surface area contributed by atoms with Crippen LogP contribution in [-0.2, 0) is 12.8 Å². The fourth-order valence-corrected chi connectivity index (χ4v) is 2.57. The van der Waals surface area contributed by atoms with Crippen molar-refractivity contribution in [2.24, 2.45) is 5.73 Å². The molecule has 0 bridgehead atoms. The third-order valence-corrected chi connectivity index (χ3v) is 3.75. The molecule has 5 nitrogen and oxygen atoms in total. The summed E-state index contributed by atoms with van der Waals surface area (Å²) in [4.78, 5) is 12.2. The first-order valence-corrected chi connectivity index (χ1v) is 7.08. The zero-order chi connectivity index (χ0) is 14.5. The Labute approximate surface area is 119 Å². The summed E-state index contributed by atoms with van der Waals surface area (Å²) in [7, 11) is 0. The van der Waals surface area contributed by atoms with Crippen LogP contribution < -0.4 is 10.5 Å². The number of carboxylic acid groups (broad SMARTS) is 1. The number of hydrogen-bond donors (Lipinski definition) is 2. The van der Waals surface area contributed by atoms with E-state index in [1.807, 2.05) is 19.1 Å². The van der Waals surface area contributed by atoms with Crippen LogP contribution in [0.4, 0.5) is 4.79 Å². The molecule has 0 aromatic heterocycles. The Hall–Kier alpha value is -1.75. The average molecular weight is 278 g/mol. The van der Waals surface area contributed by atoms with Crippen molar-refractivity contribution in [2.45, 2.75) is 32.2 Å². The Kier molecular flexibility index (Phi) is 4.84. The first-order valence-electron chi connectivity index (χ1n) is 7.08. The zero-order valence-corrected chi connectivity index (χ0v) is 11.8. The van der Waals surface area contributed by atoms with Crippen molar-refractivity contribution >= 4 is 6.09 Å². The van der Waals surface area contributed by atoms with E-state index in [4.69, 9.17) is 15.6 Å². The quantitative estimate of drug-likeness (QED) is 0.862. The van der Waals surface area contributed by atoms with Gasteiger partial charge in [0.1, 0.15) is 12.4 Å². The van der Waals surface area contributed by atoms with Gasteiger partial charge in [0.05, 0.1) is 6.54 Å². The smallest absolute Gasteiger partial charge is 0.407 e. The second-order valence-electron chi connectivity index (χ2n) is 5.11. The first kappa shape index (κ1) is 14.7. The van der Waals surface area contributed by atoms with E-state index in [9.17, 15) is 4.79 Å². The molecule has 1 atom stereocenters. The minimum atomic E-state index is -0.909. The molecule has 2 rings (SSSR count). The third kappa shape index (κ3) is 3.42. The van der Waals surface area contributed by atoms with Crippen LogP contribution in [0.25, 0.3) is 0 Å². The molecule has 5 heteroatoms. The number of hydrogen-bond acceptors (Lipinski definition) is 3. The molecule has 1 aromatic carbocycles. The Morgan fingerprint density at radius 2 is 2.35 bits per heavy atom. The molecule has 3 N–H and O–H groups in total. The highest BCUT2D eigenvalue weighted by Gasteiger charge is 2.19. The van der Waals surface area contributed by atoms with E-state index in [1.54, 1.807) is 0 Å². The highest BCUT2D eigenvalue weighted by molar-refractivity contribution is 5.64. The van der Waals surface area contributed by atoms with Gasteiger partial charge in [-0.2, -0.15) is 0 Å². The number of amides is 1. The van der Waals surface area contributed by atoms with Crippen molar-refractivity contribution in [2.75, 3.05) is 19.7 Å². The van der Waals surface area contributed by atoms with E-state index in [0.717, 1.165) is 25.0 Å². The van der Waals surface area contributed by atoms with Crippen molar-refractivity contribution in [1.82, 2.24) is 4.90 Å². The summed E-state index contributed by atoms with van der Waals surface area (Å²) in [5.41, 5.74) is 8.50. The summed E-state index contributed by atoms with van der Waals surface area (Å²) in [6.45, 7) is 3.03. The van der Waals surface area contributed by atoms with Gasteiger partial charge in [0, 0.05) is 12.6 Å². The molecule has 0 unspecified atom stereocenters. The van der Waals surface area contributed by atoms with Crippen LogP contribution in [0.15, 0.2) is 18.2 Å². The fourth-order valence-electron chi connectivity index (χ4n) is 2.57. The van der Waals surface area contributed by atoms with Gasteiger partial charge in [-0.3, -0.25) is 0 Å². The zero-order valence-electron chi connectivity index (χ0n) is 11.8. The second kappa shape index (κ2) is 6.61. The predicted molar refractivity (Wildman–Crippen MR) is 77.2 cm³/mol. The topological polar surface area (TPSA) is 75.8 Å². The minimum absolute atomic E-state index is 0.193. The van der Waals surface area contributed by atoms with Crippen LogP contribution in [0.5, 0.6) is 5.75 Å². The molecule has 0 radical (unpaired) electrons. The number of aryl methyl sites for hydroxylation is 1. The van der Waals surface area contributed by atoms with E-state index < -0.39 is 6.09 Å². The van der Waals surface area contributed by atoms with E-state index in [1.165, 1.54) is 16.0 Å². The van der Waals surface area contributed by atoms with Gasteiger partial charge in [0.2, 0.25) is 0 Å². The van der Waals surface area contributed by atoms with Gasteiger partial charge in [-0.25, -0.2) is 4.79 Å². The third-order valence-electron chi connectivity index (χ3n) is 3.75. The standard InChI is InChI=1S/C15H22N2O3/c1-2-17(15(18)19)8-9-20-14-5-3-4-11-6-7-12(16)10-13(11)14/h3-5,12H,2,6-10,16H2,1H3,(H,18,19)/t12-/m1/s1. The molecule has 1 amide bonds. The van der Waals surface area contributed by atoms with Gasteiger partial charge in [-0.05, 0) is 43.4 Å². The molecule has 20 heavy (non-hydrogen) atoms. The van der Waals surface area contributed by atoms with Gasteiger partial charge < -0.3 is 20.5 Å². The van der Waals surface area contributed by atoms with Gasteiger partial charge in [-0.1, -0.05) is 12.1 Å². The number of fused-ring (bicyclic) bond motifs is 1. The van der Waals surface area contributed by atoms with Crippen LogP contribution >= 0.6 is 0 Å².